The van der Waals surface area contributed by atoms with Crippen molar-refractivity contribution in [2.24, 2.45) is 5.92 Å². The predicted molar refractivity (Wildman–Crippen MR) is 51.2 cm³/mol. The van der Waals surface area contributed by atoms with Gasteiger partial charge in [0.1, 0.15) is 5.21 Å². The second-order valence-electron chi connectivity index (χ2n) is 3.14. The van der Waals surface area contributed by atoms with Crippen molar-refractivity contribution in [3.63, 3.8) is 0 Å². The minimum atomic E-state index is -3.24. The van der Waals surface area contributed by atoms with Gasteiger partial charge in [0.05, 0.1) is 0 Å². The first kappa shape index (κ1) is 11.2. The van der Waals surface area contributed by atoms with Crippen LogP contribution in [0.15, 0.2) is 0 Å². The Morgan fingerprint density at radius 2 is 2.31 bits per heavy atom. The van der Waals surface area contributed by atoms with Crippen LogP contribution in [0.2, 0.25) is 0 Å². The molecule has 0 saturated carbocycles. The van der Waals surface area contributed by atoms with E-state index >= 15 is 0 Å². The second kappa shape index (κ2) is 5.14. The molecule has 0 aromatic heterocycles. The van der Waals surface area contributed by atoms with Crippen molar-refractivity contribution in [2.45, 2.75) is 12.8 Å². The summed E-state index contributed by atoms with van der Waals surface area (Å²) in [6.45, 7) is 2.01. The third kappa shape index (κ3) is 4.26. The van der Waals surface area contributed by atoms with Crippen LogP contribution in [0, 0.1) is 5.92 Å². The van der Waals surface area contributed by atoms with Gasteiger partial charge in [-0.15, -0.1) is 11.6 Å². The van der Waals surface area contributed by atoms with Crippen LogP contribution in [0.25, 0.3) is 0 Å². The minimum Gasteiger partial charge on any atom is -0.381 e. The van der Waals surface area contributed by atoms with Gasteiger partial charge >= 0.3 is 0 Å². The van der Waals surface area contributed by atoms with Gasteiger partial charge in [0.2, 0.25) is 10.0 Å². The largest absolute Gasteiger partial charge is 0.381 e. The number of nitrogens with one attached hydrogen (secondary N) is 1. The zero-order chi connectivity index (χ0) is 9.73. The van der Waals surface area contributed by atoms with E-state index in [4.69, 9.17) is 16.3 Å². The van der Waals surface area contributed by atoms with Crippen molar-refractivity contribution in [3.05, 3.63) is 0 Å². The molecule has 0 amide bonds. The summed E-state index contributed by atoms with van der Waals surface area (Å²) in [6, 6.07) is 0. The Morgan fingerprint density at radius 1 is 1.54 bits per heavy atom. The van der Waals surface area contributed by atoms with Gasteiger partial charge < -0.3 is 4.74 Å². The molecular weight excluding hydrogens is 214 g/mol. The number of halogens is 1. The van der Waals surface area contributed by atoms with Crippen molar-refractivity contribution in [3.8, 4) is 0 Å². The van der Waals surface area contributed by atoms with E-state index in [9.17, 15) is 8.42 Å². The number of ether oxygens (including phenoxy) is 1. The van der Waals surface area contributed by atoms with Crippen LogP contribution in [-0.4, -0.2) is 33.4 Å². The highest BCUT2D eigenvalue weighted by Gasteiger charge is 2.16. The third-order valence-corrected chi connectivity index (χ3v) is 3.84. The molecule has 1 fully saturated rings. The van der Waals surface area contributed by atoms with Gasteiger partial charge in [-0.1, -0.05) is 0 Å². The van der Waals surface area contributed by atoms with E-state index in [0.717, 1.165) is 26.1 Å². The van der Waals surface area contributed by atoms with E-state index in [1.54, 1.807) is 0 Å². The summed E-state index contributed by atoms with van der Waals surface area (Å²) < 4.78 is 29.4. The molecule has 1 rings (SSSR count). The molecule has 1 saturated heterocycles. The van der Waals surface area contributed by atoms with Crippen molar-refractivity contribution in [2.75, 3.05) is 25.0 Å². The highest BCUT2D eigenvalue weighted by atomic mass is 35.5. The quantitative estimate of drug-likeness (QED) is 0.698. The van der Waals surface area contributed by atoms with Gasteiger partial charge in [0, 0.05) is 19.8 Å². The topological polar surface area (TPSA) is 55.4 Å². The fourth-order valence-corrected chi connectivity index (χ4v) is 2.01. The Balaban J connectivity index is 2.13. The summed E-state index contributed by atoms with van der Waals surface area (Å²) in [7, 11) is -3.24. The highest BCUT2D eigenvalue weighted by Crippen LogP contribution is 2.15. The maximum absolute atomic E-state index is 10.9. The molecule has 0 aliphatic carbocycles. The van der Waals surface area contributed by atoms with Gasteiger partial charge in [-0.05, 0) is 18.8 Å². The Morgan fingerprint density at radius 3 is 2.85 bits per heavy atom. The third-order valence-electron chi connectivity index (χ3n) is 2.04. The lowest BCUT2D eigenvalue weighted by atomic mass is 10.1. The summed E-state index contributed by atoms with van der Waals surface area (Å²) in [4.78, 5) is 0. The SMILES string of the molecule is O=S(=O)(CCl)NCCC1CCOC1. The molecule has 78 valence electrons. The summed E-state index contributed by atoms with van der Waals surface area (Å²) >= 11 is 5.21. The zero-order valence-corrected chi connectivity index (χ0v) is 8.90. The van der Waals surface area contributed by atoms with Gasteiger partial charge in [0.25, 0.3) is 0 Å². The lowest BCUT2D eigenvalue weighted by Gasteiger charge is -2.07. The second-order valence-corrected chi connectivity index (χ2v) is 5.53. The summed E-state index contributed by atoms with van der Waals surface area (Å²) in [5, 5.41) is -0.367. The Hall–Kier alpha value is 0.160. The zero-order valence-electron chi connectivity index (χ0n) is 7.33. The first-order chi connectivity index (χ1) is 6.14. The highest BCUT2D eigenvalue weighted by molar-refractivity contribution is 7.90. The molecule has 6 heteroatoms. The minimum absolute atomic E-state index is 0.367. The summed E-state index contributed by atoms with van der Waals surface area (Å²) in [6.07, 6.45) is 1.86. The molecule has 1 atom stereocenters. The number of alkyl halides is 1. The van der Waals surface area contributed by atoms with Gasteiger partial charge in [-0.25, -0.2) is 13.1 Å². The molecule has 0 bridgehead atoms. The molecule has 13 heavy (non-hydrogen) atoms. The van der Waals surface area contributed by atoms with E-state index in [1.807, 2.05) is 0 Å². The van der Waals surface area contributed by atoms with Crippen molar-refractivity contribution in [1.82, 2.24) is 4.72 Å². The predicted octanol–water partition coefficient (Wildman–Crippen LogP) is 0.529. The average Bonchev–Trinajstić information content (AvgIpc) is 2.57. The van der Waals surface area contributed by atoms with Crippen LogP contribution in [0.3, 0.4) is 0 Å². The van der Waals surface area contributed by atoms with Crippen LogP contribution in [0.5, 0.6) is 0 Å². The average molecular weight is 228 g/mol. The van der Waals surface area contributed by atoms with Gasteiger partial charge in [-0.2, -0.15) is 0 Å². The first-order valence-corrected chi connectivity index (χ1v) is 6.44. The number of sulfonamides is 1. The first-order valence-electron chi connectivity index (χ1n) is 4.25. The molecular formula is C7H14ClNO3S. The maximum Gasteiger partial charge on any atom is 0.225 e. The maximum atomic E-state index is 10.9. The Labute approximate surface area is 83.7 Å². The monoisotopic (exact) mass is 227 g/mol. The van der Waals surface area contributed by atoms with Crippen LogP contribution in [0.4, 0.5) is 0 Å². The number of hydrogen-bond acceptors (Lipinski definition) is 3. The van der Waals surface area contributed by atoms with Gasteiger partial charge in [-0.3, -0.25) is 0 Å². The van der Waals surface area contributed by atoms with Crippen LogP contribution in [0.1, 0.15) is 12.8 Å². The molecule has 1 aliphatic rings. The molecule has 1 unspecified atom stereocenters. The van der Waals surface area contributed by atoms with E-state index in [2.05, 4.69) is 4.72 Å². The van der Waals surface area contributed by atoms with Crippen LogP contribution < -0.4 is 4.72 Å². The normalized spacial score (nSPS) is 23.6. The molecule has 0 aromatic carbocycles. The standard InChI is InChI=1S/C7H14ClNO3S/c8-6-13(10,11)9-3-1-7-2-4-12-5-7/h7,9H,1-6H2. The number of hydrogen-bond donors (Lipinski definition) is 1. The Kier molecular flexibility index (Phi) is 4.45. The molecule has 0 aromatic rings. The van der Waals surface area contributed by atoms with Crippen molar-refractivity contribution >= 4 is 21.6 Å². The number of rotatable bonds is 5. The molecule has 0 spiro atoms. The van der Waals surface area contributed by atoms with Crippen LogP contribution >= 0.6 is 11.6 Å². The fourth-order valence-electron chi connectivity index (χ4n) is 1.27. The molecule has 0 radical (unpaired) electrons. The lowest BCUT2D eigenvalue weighted by molar-refractivity contribution is 0.184. The smallest absolute Gasteiger partial charge is 0.225 e. The Bertz CT molecular complexity index is 236. The van der Waals surface area contributed by atoms with E-state index in [0.29, 0.717) is 12.5 Å². The van der Waals surface area contributed by atoms with Gasteiger partial charge in [0.15, 0.2) is 0 Å². The van der Waals surface area contributed by atoms with E-state index in [-0.39, 0.29) is 5.21 Å². The summed E-state index contributed by atoms with van der Waals surface area (Å²) in [5.74, 6) is 0.498. The molecule has 4 nitrogen and oxygen atoms in total. The summed E-state index contributed by atoms with van der Waals surface area (Å²) in [5.41, 5.74) is 0. The van der Waals surface area contributed by atoms with E-state index in [1.165, 1.54) is 0 Å². The molecule has 1 N–H and O–H groups in total. The molecule has 1 heterocycles. The lowest BCUT2D eigenvalue weighted by Crippen LogP contribution is -2.26. The van der Waals surface area contributed by atoms with Crippen molar-refractivity contribution < 1.29 is 13.2 Å². The van der Waals surface area contributed by atoms with E-state index < -0.39 is 10.0 Å². The molecule has 1 aliphatic heterocycles. The van der Waals surface area contributed by atoms with Crippen LogP contribution in [-0.2, 0) is 14.8 Å². The van der Waals surface area contributed by atoms with Crippen molar-refractivity contribution in [1.29, 1.82) is 0 Å². The fraction of sp³-hybridized carbons (Fsp3) is 1.00.